The molecule has 0 fully saturated rings. The Bertz CT molecular complexity index is 1030. The molecule has 0 saturated heterocycles. The molecule has 0 bridgehead atoms. The first kappa shape index (κ1) is 27.7. The lowest BCUT2D eigenvalue weighted by molar-refractivity contribution is 0.0984. The summed E-state index contributed by atoms with van der Waals surface area (Å²) in [7, 11) is 7.21. The monoisotopic (exact) mass is 507 g/mol. The van der Waals surface area contributed by atoms with Crippen LogP contribution >= 0.6 is 23.7 Å². The van der Waals surface area contributed by atoms with Gasteiger partial charge in [0.05, 0.1) is 20.8 Å². The van der Waals surface area contributed by atoms with Crippen LogP contribution in [-0.2, 0) is 0 Å². The highest BCUT2D eigenvalue weighted by Gasteiger charge is 2.24. The number of methoxy groups -OCH3 is 2. The van der Waals surface area contributed by atoms with Crippen molar-refractivity contribution >= 4 is 45.0 Å². The number of aromatic nitrogens is 1. The molecule has 0 atom stereocenters. The zero-order chi connectivity index (χ0) is 23.8. The molecule has 3 rings (SSSR count). The predicted octanol–water partition coefficient (Wildman–Crippen LogP) is 5.51. The molecule has 9 heteroatoms. The van der Waals surface area contributed by atoms with E-state index >= 15 is 0 Å². The standard InChI is InChI=1S/C25H33N3O4S.ClH/c1-6-7-8-16-32-19-11-9-10-18(17-19)24(29)28(15-14-27(2)3)25-26-22-20(30-4)12-13-21(31-5)23(22)33-25;/h9-13,17H,6-8,14-16H2,1-5H3;1H. The van der Waals surface area contributed by atoms with Crippen molar-refractivity contribution < 1.29 is 19.0 Å². The molecule has 0 N–H and O–H groups in total. The Hall–Kier alpha value is -2.55. The van der Waals surface area contributed by atoms with E-state index in [9.17, 15) is 4.79 Å². The van der Waals surface area contributed by atoms with Crippen LogP contribution in [-0.4, -0.2) is 63.8 Å². The molecule has 0 aliphatic rings. The number of likely N-dealkylation sites (N-methyl/N-ethyl adjacent to an activating group) is 1. The number of hydrogen-bond donors (Lipinski definition) is 0. The molecule has 186 valence electrons. The second-order valence-corrected chi connectivity index (χ2v) is 8.97. The van der Waals surface area contributed by atoms with E-state index in [0.717, 1.165) is 24.0 Å². The van der Waals surface area contributed by atoms with Gasteiger partial charge in [-0.05, 0) is 50.8 Å². The Balaban J connectivity index is 0.00000408. The molecule has 0 aliphatic heterocycles. The van der Waals surface area contributed by atoms with Gasteiger partial charge < -0.3 is 19.1 Å². The Morgan fingerprint density at radius 3 is 2.44 bits per heavy atom. The third kappa shape index (κ3) is 6.74. The van der Waals surface area contributed by atoms with Crippen LogP contribution in [0.5, 0.6) is 17.2 Å². The minimum Gasteiger partial charge on any atom is -0.495 e. The molecular weight excluding hydrogens is 474 g/mol. The molecule has 0 unspecified atom stereocenters. The largest absolute Gasteiger partial charge is 0.495 e. The van der Waals surface area contributed by atoms with E-state index in [1.165, 1.54) is 11.3 Å². The minimum atomic E-state index is -0.118. The van der Waals surface area contributed by atoms with Gasteiger partial charge >= 0.3 is 0 Å². The van der Waals surface area contributed by atoms with Gasteiger partial charge in [0.25, 0.3) is 5.91 Å². The highest BCUT2D eigenvalue weighted by molar-refractivity contribution is 7.22. The van der Waals surface area contributed by atoms with E-state index in [1.807, 2.05) is 55.4 Å². The van der Waals surface area contributed by atoms with Crippen molar-refractivity contribution in [1.29, 1.82) is 0 Å². The Labute approximate surface area is 212 Å². The molecule has 0 radical (unpaired) electrons. The summed E-state index contributed by atoms with van der Waals surface area (Å²) in [6, 6.07) is 11.1. The number of nitrogens with zero attached hydrogens (tertiary/aromatic N) is 3. The average Bonchev–Trinajstić information content (AvgIpc) is 3.26. The first-order chi connectivity index (χ1) is 16.0. The van der Waals surface area contributed by atoms with Crippen LogP contribution in [0.25, 0.3) is 10.2 Å². The van der Waals surface area contributed by atoms with Gasteiger partial charge in [-0.15, -0.1) is 12.4 Å². The molecule has 1 aromatic heterocycles. The topological polar surface area (TPSA) is 64.1 Å². The maximum Gasteiger partial charge on any atom is 0.260 e. The summed E-state index contributed by atoms with van der Waals surface area (Å²) < 4.78 is 17.7. The zero-order valence-electron chi connectivity index (χ0n) is 20.5. The van der Waals surface area contributed by atoms with E-state index < -0.39 is 0 Å². The number of amides is 1. The van der Waals surface area contributed by atoms with Gasteiger partial charge in [-0.3, -0.25) is 9.69 Å². The molecule has 1 heterocycles. The Morgan fingerprint density at radius 2 is 1.76 bits per heavy atom. The number of thiazole rings is 1. The Kier molecular flexibility index (Phi) is 10.9. The molecule has 7 nitrogen and oxygen atoms in total. The van der Waals surface area contributed by atoms with Crippen molar-refractivity contribution in [2.75, 3.05) is 52.9 Å². The Morgan fingerprint density at radius 1 is 1.03 bits per heavy atom. The van der Waals surface area contributed by atoms with Crippen LogP contribution in [0.2, 0.25) is 0 Å². The number of carbonyl (C=O) groups excluding carboxylic acids is 1. The van der Waals surface area contributed by atoms with Crippen molar-refractivity contribution in [3.8, 4) is 17.2 Å². The lowest BCUT2D eigenvalue weighted by Gasteiger charge is -2.22. The van der Waals surface area contributed by atoms with E-state index in [2.05, 4.69) is 6.92 Å². The second kappa shape index (κ2) is 13.4. The van der Waals surface area contributed by atoms with E-state index in [4.69, 9.17) is 19.2 Å². The molecule has 1 amide bonds. The van der Waals surface area contributed by atoms with Gasteiger partial charge in [0.15, 0.2) is 5.13 Å². The van der Waals surface area contributed by atoms with Crippen LogP contribution in [0.1, 0.15) is 36.5 Å². The van der Waals surface area contributed by atoms with Gasteiger partial charge in [-0.1, -0.05) is 37.2 Å². The first-order valence-electron chi connectivity index (χ1n) is 11.2. The van der Waals surface area contributed by atoms with Gasteiger partial charge in [0.2, 0.25) is 0 Å². The predicted molar refractivity (Wildman–Crippen MR) is 142 cm³/mol. The number of anilines is 1. The number of carbonyl (C=O) groups is 1. The van der Waals surface area contributed by atoms with Gasteiger partial charge in [-0.25, -0.2) is 4.98 Å². The summed E-state index contributed by atoms with van der Waals surface area (Å²) in [5.41, 5.74) is 1.26. The van der Waals surface area contributed by atoms with Crippen molar-refractivity contribution in [3.63, 3.8) is 0 Å². The second-order valence-electron chi connectivity index (χ2n) is 7.99. The average molecular weight is 508 g/mol. The number of halogens is 1. The number of ether oxygens (including phenoxy) is 3. The molecule has 0 spiro atoms. The highest BCUT2D eigenvalue weighted by atomic mass is 35.5. The molecule has 3 aromatic rings. The van der Waals surface area contributed by atoms with Gasteiger partial charge in [0, 0.05) is 18.7 Å². The molecule has 34 heavy (non-hydrogen) atoms. The summed E-state index contributed by atoms with van der Waals surface area (Å²) in [4.78, 5) is 22.2. The van der Waals surface area contributed by atoms with Gasteiger partial charge in [0.1, 0.15) is 27.5 Å². The fraction of sp³-hybridized carbons (Fsp3) is 0.440. The molecule has 0 saturated carbocycles. The number of fused-ring (bicyclic) bond motifs is 1. The van der Waals surface area contributed by atoms with Crippen LogP contribution in [0, 0.1) is 0 Å². The maximum atomic E-state index is 13.6. The lowest BCUT2D eigenvalue weighted by atomic mass is 10.2. The molecule has 0 aliphatic carbocycles. The van der Waals surface area contributed by atoms with Crippen LogP contribution in [0.15, 0.2) is 36.4 Å². The maximum absolute atomic E-state index is 13.6. The molecular formula is C25H34ClN3O4S. The van der Waals surface area contributed by atoms with Crippen LogP contribution in [0.4, 0.5) is 5.13 Å². The zero-order valence-corrected chi connectivity index (χ0v) is 22.1. The number of unbranched alkanes of at least 4 members (excludes halogenated alkanes) is 2. The first-order valence-corrected chi connectivity index (χ1v) is 12.0. The SMILES string of the molecule is CCCCCOc1cccc(C(=O)N(CCN(C)C)c2nc3c(OC)ccc(OC)c3s2)c1.Cl. The highest BCUT2D eigenvalue weighted by Crippen LogP contribution is 2.40. The quantitative estimate of drug-likeness (QED) is 0.301. The summed E-state index contributed by atoms with van der Waals surface area (Å²) in [5.74, 6) is 1.94. The number of hydrogen-bond acceptors (Lipinski definition) is 7. The summed E-state index contributed by atoms with van der Waals surface area (Å²) in [6.45, 7) is 4.00. The van der Waals surface area contributed by atoms with Gasteiger partial charge in [-0.2, -0.15) is 0 Å². The molecule has 2 aromatic carbocycles. The van der Waals surface area contributed by atoms with E-state index in [1.54, 1.807) is 19.1 Å². The normalized spacial score (nSPS) is 10.8. The van der Waals surface area contributed by atoms with Crippen molar-refractivity contribution in [3.05, 3.63) is 42.0 Å². The minimum absolute atomic E-state index is 0. The lowest BCUT2D eigenvalue weighted by Crippen LogP contribution is -2.36. The summed E-state index contributed by atoms with van der Waals surface area (Å²) in [6.07, 6.45) is 3.26. The fourth-order valence-corrected chi connectivity index (χ4v) is 4.49. The van der Waals surface area contributed by atoms with Crippen molar-refractivity contribution in [2.45, 2.75) is 26.2 Å². The fourth-order valence-electron chi connectivity index (χ4n) is 3.39. The number of benzene rings is 2. The third-order valence-electron chi connectivity index (χ3n) is 5.24. The summed E-state index contributed by atoms with van der Waals surface area (Å²) >= 11 is 1.42. The van der Waals surface area contributed by atoms with E-state index in [-0.39, 0.29) is 18.3 Å². The third-order valence-corrected chi connectivity index (χ3v) is 6.34. The smallest absolute Gasteiger partial charge is 0.260 e. The number of rotatable bonds is 12. The summed E-state index contributed by atoms with van der Waals surface area (Å²) in [5, 5.41) is 0.605. The van der Waals surface area contributed by atoms with Crippen molar-refractivity contribution in [1.82, 2.24) is 9.88 Å². The van der Waals surface area contributed by atoms with Crippen LogP contribution < -0.4 is 19.1 Å². The van der Waals surface area contributed by atoms with Crippen LogP contribution in [0.3, 0.4) is 0 Å². The van der Waals surface area contributed by atoms with E-state index in [0.29, 0.717) is 53.2 Å². The van der Waals surface area contributed by atoms with Crippen molar-refractivity contribution in [2.24, 2.45) is 0 Å².